The molecule has 0 amide bonds. The van der Waals surface area contributed by atoms with Crippen molar-refractivity contribution in [2.24, 2.45) is 5.92 Å². The molecule has 9 rings (SSSR count). The van der Waals surface area contributed by atoms with Crippen LogP contribution in [0.4, 0.5) is 0 Å². The van der Waals surface area contributed by atoms with E-state index >= 15 is 0 Å². The lowest BCUT2D eigenvalue weighted by Gasteiger charge is -2.33. The quantitative estimate of drug-likeness (QED) is 0.152. The fourth-order valence-corrected chi connectivity index (χ4v) is 8.75. The maximum Gasteiger partial charge on any atom is 0.128 e. The van der Waals surface area contributed by atoms with Gasteiger partial charge in [0.15, 0.2) is 0 Å². The van der Waals surface area contributed by atoms with Gasteiger partial charge in [-0.3, -0.25) is 0 Å². The van der Waals surface area contributed by atoms with E-state index < -0.39 is 0 Å². The van der Waals surface area contributed by atoms with Crippen LogP contribution in [-0.4, -0.2) is 6.61 Å². The monoisotopic (exact) mass is 725 g/mol. The van der Waals surface area contributed by atoms with Crippen LogP contribution in [-0.2, 0) is 6.42 Å². The van der Waals surface area contributed by atoms with E-state index in [4.69, 9.17) is 11.3 Å². The van der Waals surface area contributed by atoms with E-state index in [1.54, 1.807) is 0 Å². The van der Waals surface area contributed by atoms with Crippen LogP contribution in [0.25, 0.3) is 60.5 Å². The molecule has 2 nitrogen and oxygen atoms in total. The summed E-state index contributed by atoms with van der Waals surface area (Å²) in [6, 6.07) is 63.9. The van der Waals surface area contributed by atoms with Crippen molar-refractivity contribution in [3.05, 3.63) is 205 Å². The molecule has 1 aliphatic heterocycles. The first-order valence-corrected chi connectivity index (χ1v) is 20.0. The smallest absolute Gasteiger partial charge is 0.128 e. The van der Waals surface area contributed by atoms with Gasteiger partial charge in [0, 0.05) is 30.0 Å². The van der Waals surface area contributed by atoms with Crippen molar-refractivity contribution in [1.29, 1.82) is 0 Å². The Morgan fingerprint density at radius 2 is 1.29 bits per heavy atom. The Morgan fingerprint density at radius 1 is 0.625 bits per heavy atom. The zero-order valence-electron chi connectivity index (χ0n) is 32.2. The van der Waals surface area contributed by atoms with Gasteiger partial charge in [-0.2, -0.15) is 0 Å². The van der Waals surface area contributed by atoms with Crippen molar-refractivity contribution < 1.29 is 4.74 Å². The number of fused-ring (bicyclic) bond motifs is 6. The van der Waals surface area contributed by atoms with Crippen molar-refractivity contribution in [3.63, 3.8) is 0 Å². The van der Waals surface area contributed by atoms with Crippen LogP contribution in [0.5, 0.6) is 5.75 Å². The highest BCUT2D eigenvalue weighted by Gasteiger charge is 2.29. The molecule has 8 aromatic rings. The summed E-state index contributed by atoms with van der Waals surface area (Å²) in [5, 5.41) is 9.22. The molecule has 0 aromatic heterocycles. The van der Waals surface area contributed by atoms with Crippen molar-refractivity contribution in [2.45, 2.75) is 38.8 Å². The number of ether oxygens (including phenoxy) is 1. The Bertz CT molecular complexity index is 2680. The highest BCUT2D eigenvalue weighted by atomic mass is 16.5. The normalized spacial score (nSPS) is 13.9. The molecule has 0 saturated carbocycles. The third kappa shape index (κ3) is 6.82. The first-order chi connectivity index (χ1) is 27.6. The molecule has 56 heavy (non-hydrogen) atoms. The summed E-state index contributed by atoms with van der Waals surface area (Å²) in [5.74, 6) is 1.05. The molecule has 0 fully saturated rings. The molecule has 1 heterocycles. The second-order valence-corrected chi connectivity index (χ2v) is 15.2. The van der Waals surface area contributed by atoms with Crippen molar-refractivity contribution in [3.8, 4) is 39.1 Å². The van der Waals surface area contributed by atoms with Gasteiger partial charge in [-0.15, -0.1) is 0 Å². The van der Waals surface area contributed by atoms with Crippen molar-refractivity contribution in [2.75, 3.05) is 6.61 Å². The summed E-state index contributed by atoms with van der Waals surface area (Å²) in [4.78, 5) is 0. The van der Waals surface area contributed by atoms with E-state index in [1.807, 2.05) is 0 Å². The van der Waals surface area contributed by atoms with Gasteiger partial charge in [-0.05, 0) is 102 Å². The number of nitrogens with one attached hydrogen (secondary N) is 1. The standard InChI is InChI=1S/C54H47NO/c1-4-51(50-35-52-53(49-25-14-13-24-48(49)50)47-29-28-44(33-45(47)30-31-56-52)39-18-9-6-10-19-39)55-54(46-27-26-40-20-11-12-21-42(40)34-46)37(3)36(2)41-22-15-23-43(32-41)38-16-7-5-8-17-38/h5-29,32-35,37,51,54-55H,2,4,30-31H2,1,3H3. The summed E-state index contributed by atoms with van der Waals surface area (Å²) < 4.78 is 6.71. The third-order valence-electron chi connectivity index (χ3n) is 11.8. The Hall–Kier alpha value is -6.22. The zero-order chi connectivity index (χ0) is 38.0. The minimum absolute atomic E-state index is 0.00642. The van der Waals surface area contributed by atoms with Gasteiger partial charge in [0.1, 0.15) is 5.75 Å². The molecule has 3 atom stereocenters. The number of hydrogen-bond acceptors (Lipinski definition) is 2. The van der Waals surface area contributed by atoms with Gasteiger partial charge in [-0.25, -0.2) is 0 Å². The van der Waals surface area contributed by atoms with Crippen LogP contribution in [0.2, 0.25) is 0 Å². The topological polar surface area (TPSA) is 21.3 Å². The second-order valence-electron chi connectivity index (χ2n) is 15.2. The highest BCUT2D eigenvalue weighted by Crippen LogP contribution is 2.46. The van der Waals surface area contributed by atoms with Crippen LogP contribution >= 0.6 is 0 Å². The molecule has 1 N–H and O–H groups in total. The van der Waals surface area contributed by atoms with E-state index in [0.717, 1.165) is 29.7 Å². The van der Waals surface area contributed by atoms with Gasteiger partial charge in [0.25, 0.3) is 0 Å². The fraction of sp³-hybridized carbons (Fsp3) is 0.148. The Morgan fingerprint density at radius 3 is 2.04 bits per heavy atom. The van der Waals surface area contributed by atoms with E-state index in [1.165, 1.54) is 71.6 Å². The molecule has 274 valence electrons. The molecule has 1 aliphatic rings. The largest absolute Gasteiger partial charge is 0.493 e. The van der Waals surface area contributed by atoms with E-state index in [0.29, 0.717) is 6.61 Å². The first kappa shape index (κ1) is 35.5. The molecular formula is C54H47NO. The number of rotatable bonds is 10. The Kier molecular flexibility index (Phi) is 9.82. The average molecular weight is 726 g/mol. The predicted octanol–water partition coefficient (Wildman–Crippen LogP) is 14.1. The van der Waals surface area contributed by atoms with E-state index in [9.17, 15) is 0 Å². The molecule has 0 spiro atoms. The fourth-order valence-electron chi connectivity index (χ4n) is 8.75. The van der Waals surface area contributed by atoms with Crippen LogP contribution in [0, 0.1) is 5.92 Å². The van der Waals surface area contributed by atoms with E-state index in [-0.39, 0.29) is 18.0 Å². The van der Waals surface area contributed by atoms with Gasteiger partial charge in [-0.1, -0.05) is 178 Å². The minimum Gasteiger partial charge on any atom is -0.493 e. The van der Waals surface area contributed by atoms with Gasteiger partial charge in [0.05, 0.1) is 6.61 Å². The maximum atomic E-state index is 6.71. The lowest BCUT2D eigenvalue weighted by Crippen LogP contribution is -2.31. The number of hydrogen-bond donors (Lipinski definition) is 1. The average Bonchev–Trinajstić information content (AvgIpc) is 3.45. The van der Waals surface area contributed by atoms with Crippen molar-refractivity contribution in [1.82, 2.24) is 5.32 Å². The molecule has 0 radical (unpaired) electrons. The van der Waals surface area contributed by atoms with Crippen molar-refractivity contribution >= 4 is 27.1 Å². The SMILES string of the molecule is C=C(c1cccc(-c2ccccc2)c1)C(C)C(NC(CC)c1cc2c(c3ccccc13)-c1ccc(-c3ccccc3)cc1CCO2)c1ccc2ccccc2c1. The predicted molar refractivity (Wildman–Crippen MR) is 237 cm³/mol. The van der Waals surface area contributed by atoms with Gasteiger partial charge in [0.2, 0.25) is 0 Å². The first-order valence-electron chi connectivity index (χ1n) is 20.0. The zero-order valence-corrected chi connectivity index (χ0v) is 32.2. The summed E-state index contributed by atoms with van der Waals surface area (Å²) in [6.45, 7) is 10.0. The van der Waals surface area contributed by atoms with Gasteiger partial charge < -0.3 is 10.1 Å². The Labute approximate surface area is 331 Å². The molecule has 0 bridgehead atoms. The van der Waals surface area contributed by atoms with Crippen LogP contribution < -0.4 is 10.1 Å². The molecule has 8 aromatic carbocycles. The maximum absolute atomic E-state index is 6.71. The van der Waals surface area contributed by atoms with Crippen LogP contribution in [0.3, 0.4) is 0 Å². The summed E-state index contributed by atoms with van der Waals surface area (Å²) in [6.07, 6.45) is 1.77. The summed E-state index contributed by atoms with van der Waals surface area (Å²) >= 11 is 0. The molecule has 2 heteroatoms. The second kappa shape index (κ2) is 15.5. The highest BCUT2D eigenvalue weighted by molar-refractivity contribution is 6.03. The van der Waals surface area contributed by atoms with Crippen LogP contribution in [0.15, 0.2) is 183 Å². The number of benzene rings is 8. The summed E-state index contributed by atoms with van der Waals surface area (Å²) in [5.41, 5.74) is 13.5. The lowest BCUT2D eigenvalue weighted by atomic mass is 9.83. The van der Waals surface area contributed by atoms with Gasteiger partial charge >= 0.3 is 0 Å². The van der Waals surface area contributed by atoms with E-state index in [2.05, 4.69) is 195 Å². The molecule has 0 saturated heterocycles. The minimum atomic E-state index is -0.00642. The van der Waals surface area contributed by atoms with Crippen LogP contribution in [0.1, 0.15) is 54.6 Å². The molecular weight excluding hydrogens is 679 g/mol. The summed E-state index contributed by atoms with van der Waals surface area (Å²) in [7, 11) is 0. The third-order valence-corrected chi connectivity index (χ3v) is 11.8. The molecule has 3 unspecified atom stereocenters. The lowest BCUT2D eigenvalue weighted by molar-refractivity contribution is 0.325. The molecule has 0 aliphatic carbocycles. The Balaban J connectivity index is 1.12.